The Morgan fingerprint density at radius 2 is 2.38 bits per heavy atom. The van der Waals surface area contributed by atoms with Gasteiger partial charge in [0.05, 0.1) is 12.1 Å². The van der Waals surface area contributed by atoms with Crippen molar-refractivity contribution in [1.29, 1.82) is 0 Å². The second-order valence-corrected chi connectivity index (χ2v) is 3.43. The Morgan fingerprint density at radius 1 is 1.50 bits per heavy atom. The summed E-state index contributed by atoms with van der Waals surface area (Å²) in [4.78, 5) is 12.0. The second kappa shape index (κ2) is 4.75. The zero-order chi connectivity index (χ0) is 11.4. The summed E-state index contributed by atoms with van der Waals surface area (Å²) >= 11 is 0.0769. The lowest BCUT2D eigenvalue weighted by Crippen LogP contribution is -2.12. The third kappa shape index (κ3) is 2.37. The van der Waals surface area contributed by atoms with Gasteiger partial charge in [-0.3, -0.25) is 10.1 Å². The third-order valence-corrected chi connectivity index (χ3v) is 2.20. The zero-order valence-electron chi connectivity index (χ0n) is 7.88. The van der Waals surface area contributed by atoms with Gasteiger partial charge in [-0.15, -0.1) is 5.10 Å². The Bertz CT molecular complexity index is 489. The van der Waals surface area contributed by atoms with Crippen LogP contribution in [0.4, 0.5) is 9.90 Å². The molecule has 0 bridgehead atoms. The minimum atomic E-state index is -0.430. The van der Waals surface area contributed by atoms with Crippen LogP contribution in [0.2, 0.25) is 0 Å². The van der Waals surface area contributed by atoms with E-state index in [0.717, 1.165) is 6.39 Å². The molecule has 2 rings (SSSR count). The van der Waals surface area contributed by atoms with Crippen molar-refractivity contribution in [1.82, 2.24) is 10.2 Å². The first-order chi connectivity index (χ1) is 7.79. The summed E-state index contributed by atoms with van der Waals surface area (Å²) in [6, 6.07) is 6.14. The van der Waals surface area contributed by atoms with Crippen LogP contribution in [0.25, 0.3) is 0 Å². The number of carbonyl (C=O) groups excluding carboxylic acids is 1. The number of hydrogen-bond donors (Lipinski definition) is 1. The molecule has 0 saturated heterocycles. The van der Waals surface area contributed by atoms with Crippen LogP contribution in [0.1, 0.15) is 10.4 Å². The summed E-state index contributed by atoms with van der Waals surface area (Å²) in [5.74, 6) is -0.430. The first-order valence-electron chi connectivity index (χ1n) is 4.26. The normalized spacial score (nSPS) is 10.1. The van der Waals surface area contributed by atoms with Crippen molar-refractivity contribution in [2.45, 2.75) is 4.90 Å². The number of nitrogens with zero attached hydrogens (tertiary/aromatic N) is 2. The standard InChI is InChI=1S/C9H6FN3O2S/c10-16-7-3-1-2-6(4-7)8(14)12-9-13-11-5-15-9/h1-5H,(H,12,13,14). The molecule has 0 saturated carbocycles. The fraction of sp³-hybridized carbons (Fsp3) is 0. The average Bonchev–Trinajstić information content (AvgIpc) is 2.82. The molecule has 1 heterocycles. The maximum atomic E-state index is 12.3. The van der Waals surface area contributed by atoms with Gasteiger partial charge < -0.3 is 4.42 Å². The molecule has 0 aliphatic heterocycles. The topological polar surface area (TPSA) is 68.0 Å². The highest BCUT2D eigenvalue weighted by atomic mass is 32.2. The van der Waals surface area contributed by atoms with Crippen molar-refractivity contribution >= 4 is 24.1 Å². The fourth-order valence-corrected chi connectivity index (χ4v) is 1.38. The third-order valence-electron chi connectivity index (χ3n) is 1.77. The van der Waals surface area contributed by atoms with Gasteiger partial charge in [0, 0.05) is 10.5 Å². The maximum Gasteiger partial charge on any atom is 0.322 e. The smallest absolute Gasteiger partial charge is 0.322 e. The van der Waals surface area contributed by atoms with Gasteiger partial charge in [0.1, 0.15) is 0 Å². The van der Waals surface area contributed by atoms with E-state index in [4.69, 9.17) is 4.42 Å². The Hall–Kier alpha value is -1.89. The van der Waals surface area contributed by atoms with Crippen molar-refractivity contribution in [3.8, 4) is 0 Å². The van der Waals surface area contributed by atoms with Gasteiger partial charge in [0.25, 0.3) is 5.91 Å². The van der Waals surface area contributed by atoms with E-state index in [-0.39, 0.29) is 18.2 Å². The van der Waals surface area contributed by atoms with Crippen molar-refractivity contribution in [2.75, 3.05) is 5.32 Å². The van der Waals surface area contributed by atoms with E-state index in [2.05, 4.69) is 15.5 Å². The average molecular weight is 239 g/mol. The van der Waals surface area contributed by atoms with Gasteiger partial charge in [-0.25, -0.2) is 0 Å². The highest BCUT2D eigenvalue weighted by molar-refractivity contribution is 7.94. The van der Waals surface area contributed by atoms with E-state index < -0.39 is 5.91 Å². The number of carbonyl (C=O) groups is 1. The number of aromatic nitrogens is 2. The van der Waals surface area contributed by atoms with E-state index in [1.54, 1.807) is 18.2 Å². The van der Waals surface area contributed by atoms with Crippen LogP contribution < -0.4 is 5.32 Å². The van der Waals surface area contributed by atoms with Crippen LogP contribution in [0, 0.1) is 0 Å². The number of amides is 1. The molecule has 0 unspecified atom stereocenters. The molecule has 1 aromatic heterocycles. The first-order valence-corrected chi connectivity index (χ1v) is 4.97. The molecule has 0 aliphatic rings. The molecule has 16 heavy (non-hydrogen) atoms. The Kier molecular flexibility index (Phi) is 3.16. The van der Waals surface area contributed by atoms with Crippen LogP contribution >= 0.6 is 12.1 Å². The number of benzene rings is 1. The molecule has 0 aliphatic carbocycles. The van der Waals surface area contributed by atoms with Gasteiger partial charge in [0.15, 0.2) is 0 Å². The molecule has 0 fully saturated rings. The Labute approximate surface area is 94.4 Å². The zero-order valence-corrected chi connectivity index (χ0v) is 8.70. The molecular weight excluding hydrogens is 233 g/mol. The van der Waals surface area contributed by atoms with Crippen molar-refractivity contribution in [2.24, 2.45) is 0 Å². The highest BCUT2D eigenvalue weighted by Gasteiger charge is 2.09. The molecule has 0 atom stereocenters. The minimum Gasteiger partial charge on any atom is -0.411 e. The predicted octanol–water partition coefficient (Wildman–Crippen LogP) is 2.30. The molecule has 7 heteroatoms. The van der Waals surface area contributed by atoms with Crippen LogP contribution in [0.15, 0.2) is 40.0 Å². The summed E-state index contributed by atoms with van der Waals surface area (Å²) in [6.07, 6.45) is 1.10. The first kappa shape index (κ1) is 10.6. The predicted molar refractivity (Wildman–Crippen MR) is 55.7 cm³/mol. The molecule has 5 nitrogen and oxygen atoms in total. The molecule has 1 amide bonds. The molecule has 0 spiro atoms. The van der Waals surface area contributed by atoms with E-state index in [1.807, 2.05) is 0 Å². The summed E-state index contributed by atoms with van der Waals surface area (Å²) < 4.78 is 17.0. The van der Waals surface area contributed by atoms with E-state index in [9.17, 15) is 8.68 Å². The summed E-state index contributed by atoms with van der Waals surface area (Å²) in [6.45, 7) is 0. The van der Waals surface area contributed by atoms with Crippen LogP contribution in [0.3, 0.4) is 0 Å². The van der Waals surface area contributed by atoms with Crippen LogP contribution in [-0.2, 0) is 0 Å². The molecule has 82 valence electrons. The second-order valence-electron chi connectivity index (χ2n) is 2.80. The number of rotatable bonds is 3. The number of hydrogen-bond acceptors (Lipinski definition) is 5. The van der Waals surface area contributed by atoms with E-state index in [1.165, 1.54) is 6.07 Å². The Balaban J connectivity index is 2.14. The fourth-order valence-electron chi connectivity index (χ4n) is 1.08. The number of anilines is 1. The summed E-state index contributed by atoms with van der Waals surface area (Å²) in [5, 5.41) is 9.28. The van der Waals surface area contributed by atoms with Gasteiger partial charge in [-0.1, -0.05) is 11.2 Å². The quantitative estimate of drug-likeness (QED) is 0.890. The summed E-state index contributed by atoms with van der Waals surface area (Å²) in [7, 11) is 0. The van der Waals surface area contributed by atoms with Gasteiger partial charge in [0.2, 0.25) is 6.39 Å². The lowest BCUT2D eigenvalue weighted by Gasteiger charge is -2.00. The van der Waals surface area contributed by atoms with Crippen LogP contribution in [-0.4, -0.2) is 16.1 Å². The number of nitrogens with one attached hydrogen (secondary N) is 1. The lowest BCUT2D eigenvalue weighted by atomic mass is 10.2. The Morgan fingerprint density at radius 3 is 3.06 bits per heavy atom. The lowest BCUT2D eigenvalue weighted by molar-refractivity contribution is 0.102. The van der Waals surface area contributed by atoms with Crippen molar-refractivity contribution < 1.29 is 13.1 Å². The largest absolute Gasteiger partial charge is 0.411 e. The molecule has 1 aromatic carbocycles. The van der Waals surface area contributed by atoms with Crippen molar-refractivity contribution in [3.63, 3.8) is 0 Å². The minimum absolute atomic E-state index is 0.00306. The molecule has 0 radical (unpaired) electrons. The van der Waals surface area contributed by atoms with Gasteiger partial charge in [-0.05, 0) is 18.2 Å². The highest BCUT2D eigenvalue weighted by Crippen LogP contribution is 2.19. The van der Waals surface area contributed by atoms with Crippen LogP contribution in [0.5, 0.6) is 0 Å². The van der Waals surface area contributed by atoms with Gasteiger partial charge in [-0.2, -0.15) is 3.89 Å². The summed E-state index contributed by atoms with van der Waals surface area (Å²) in [5.41, 5.74) is 0.320. The molecule has 1 N–H and O–H groups in total. The molecular formula is C9H6FN3O2S. The maximum absolute atomic E-state index is 12.3. The van der Waals surface area contributed by atoms with Gasteiger partial charge >= 0.3 is 6.01 Å². The SMILES string of the molecule is O=C(Nc1nnco1)c1cccc(SF)c1. The van der Waals surface area contributed by atoms with E-state index in [0.29, 0.717) is 10.5 Å². The molecule has 2 aromatic rings. The van der Waals surface area contributed by atoms with Crippen molar-refractivity contribution in [3.05, 3.63) is 36.2 Å². The monoisotopic (exact) mass is 239 g/mol. The number of halogens is 1. The van der Waals surface area contributed by atoms with E-state index >= 15 is 0 Å².